The molecular weight excluding hydrogens is 1100 g/mol. The van der Waals surface area contributed by atoms with Crippen LogP contribution in [0.2, 0.25) is 0 Å². The Morgan fingerprint density at radius 1 is 0.333 bits per heavy atom. The topological polar surface area (TPSA) is 137 Å². The van der Waals surface area contributed by atoms with Crippen LogP contribution in [0.15, 0.2) is 182 Å². The lowest BCUT2D eigenvalue weighted by molar-refractivity contribution is -0.185. The summed E-state index contributed by atoms with van der Waals surface area (Å²) in [6, 6.07) is 59.8. The second kappa shape index (κ2) is 35.3. The van der Waals surface area contributed by atoms with Crippen molar-refractivity contribution in [2.75, 3.05) is 65.4 Å². The Balaban J connectivity index is 0.000000469. The summed E-state index contributed by atoms with van der Waals surface area (Å²) in [6.07, 6.45) is -9.16. The molecule has 0 spiro atoms. The van der Waals surface area contributed by atoms with E-state index in [1.54, 1.807) is 59.9 Å². The number of halogens is 9. The van der Waals surface area contributed by atoms with E-state index in [-0.39, 0.29) is 52.9 Å². The third kappa shape index (κ3) is 20.1. The number of unbranched alkanes of at least 4 members (excludes halogenated alkanes) is 4. The molecule has 0 heterocycles. The summed E-state index contributed by atoms with van der Waals surface area (Å²) in [4.78, 5) is 39.9. The first-order valence-electron chi connectivity index (χ1n) is 27.6. The van der Waals surface area contributed by atoms with Crippen molar-refractivity contribution in [3.63, 3.8) is 0 Å². The molecule has 0 saturated carbocycles. The van der Waals surface area contributed by atoms with Crippen molar-refractivity contribution in [2.24, 2.45) is 11.5 Å². The van der Waals surface area contributed by atoms with Crippen LogP contribution in [-0.2, 0) is 25.5 Å². The van der Waals surface area contributed by atoms with Crippen molar-refractivity contribution in [2.45, 2.75) is 102 Å². The molecule has 6 aromatic rings. The van der Waals surface area contributed by atoms with Crippen LogP contribution in [0.25, 0.3) is 0 Å². The molecule has 84 heavy (non-hydrogen) atoms. The van der Waals surface area contributed by atoms with Gasteiger partial charge in [0, 0.05) is 45.8 Å². The molecule has 458 valence electrons. The van der Waals surface area contributed by atoms with Crippen molar-refractivity contribution >= 4 is 17.7 Å². The van der Waals surface area contributed by atoms with Gasteiger partial charge in [-0.2, -0.15) is 39.5 Å². The average Bonchev–Trinajstić information content (AvgIpc) is 1.42. The first kappa shape index (κ1) is 71.2. The zero-order valence-corrected chi connectivity index (χ0v) is 45.9. The van der Waals surface area contributed by atoms with Gasteiger partial charge < -0.3 is 27.0 Å². The molecule has 10 nitrogen and oxygen atoms in total. The monoisotopic (exact) mass is 1180 g/mol. The highest BCUT2D eigenvalue weighted by molar-refractivity contribution is 5.82. The van der Waals surface area contributed by atoms with E-state index < -0.39 is 67.8 Å². The molecule has 0 aromatic heterocycles. The smallest absolute Gasteiger partial charge is 0.348 e. The Morgan fingerprint density at radius 2 is 0.595 bits per heavy atom. The van der Waals surface area contributed by atoms with Crippen molar-refractivity contribution in [1.82, 2.24) is 25.3 Å². The second-order valence-electron chi connectivity index (χ2n) is 19.6. The van der Waals surface area contributed by atoms with Crippen LogP contribution in [0, 0.1) is 0 Å². The number of nitrogens with one attached hydrogen (secondary N) is 2. The highest BCUT2D eigenvalue weighted by atomic mass is 19.4. The predicted octanol–water partition coefficient (Wildman–Crippen LogP) is 13.0. The fourth-order valence-electron chi connectivity index (χ4n) is 10.4. The average molecular weight is 1180 g/mol. The minimum Gasteiger partial charge on any atom is -0.348 e. The number of benzene rings is 6. The Labute approximate surface area is 489 Å². The zero-order valence-electron chi connectivity index (χ0n) is 45.9. The summed E-state index contributed by atoms with van der Waals surface area (Å²) >= 11 is 0. The molecule has 0 aliphatic rings. The third-order valence-electron chi connectivity index (χ3n) is 14.0. The zero-order chi connectivity index (χ0) is 59.5. The number of carbonyl (C=O) groups is 3. The molecular formula is C65H82F9N7O3. The number of nitrogens with zero attached hydrogens (tertiary/aromatic N) is 3. The lowest BCUT2D eigenvalue weighted by atomic mass is 9.75. The lowest BCUT2D eigenvalue weighted by Gasteiger charge is -2.46. The molecule has 0 atom stereocenters. The molecule has 0 saturated heterocycles. The van der Waals surface area contributed by atoms with E-state index in [1.165, 1.54) is 42.4 Å². The van der Waals surface area contributed by atoms with Crippen LogP contribution in [-0.4, -0.2) is 116 Å². The molecule has 0 aliphatic heterocycles. The van der Waals surface area contributed by atoms with Gasteiger partial charge in [0.25, 0.3) is 0 Å². The van der Waals surface area contributed by atoms with Gasteiger partial charge in [0.05, 0.1) is 11.1 Å². The summed E-state index contributed by atoms with van der Waals surface area (Å²) in [5.74, 6) is -6.62. The maximum atomic E-state index is 13.6. The maximum Gasteiger partial charge on any atom is 0.471 e. The maximum absolute atomic E-state index is 13.6. The van der Waals surface area contributed by atoms with Gasteiger partial charge >= 0.3 is 36.3 Å². The van der Waals surface area contributed by atoms with Crippen molar-refractivity contribution in [3.05, 3.63) is 215 Å². The molecule has 0 aliphatic carbocycles. The first-order chi connectivity index (χ1) is 39.3. The number of amides is 3. The molecule has 6 aromatic carbocycles. The van der Waals surface area contributed by atoms with Crippen LogP contribution in [0.3, 0.4) is 0 Å². The first-order valence-corrected chi connectivity index (χ1v) is 27.6. The van der Waals surface area contributed by atoms with E-state index in [2.05, 4.69) is 95.9 Å². The Morgan fingerprint density at radius 3 is 0.905 bits per heavy atom. The summed E-state index contributed by atoms with van der Waals surface area (Å²) in [5, 5.41) is 3.39. The van der Waals surface area contributed by atoms with Gasteiger partial charge in [0.1, 0.15) is 0 Å². The third-order valence-corrected chi connectivity index (χ3v) is 14.0. The molecule has 0 unspecified atom stereocenters. The minimum atomic E-state index is -5.30. The summed E-state index contributed by atoms with van der Waals surface area (Å²) < 4.78 is 117. The van der Waals surface area contributed by atoms with Gasteiger partial charge in [0.2, 0.25) is 0 Å². The number of rotatable bonds is 30. The molecule has 3 amide bonds. The summed E-state index contributed by atoms with van der Waals surface area (Å²) in [6.45, 7) is 1.32. The van der Waals surface area contributed by atoms with Crippen molar-refractivity contribution < 1.29 is 53.9 Å². The molecule has 6 N–H and O–H groups in total. The fourth-order valence-corrected chi connectivity index (χ4v) is 10.4. The predicted molar refractivity (Wildman–Crippen MR) is 315 cm³/mol. The van der Waals surface area contributed by atoms with E-state index in [0.717, 1.165) is 32.5 Å². The van der Waals surface area contributed by atoms with Gasteiger partial charge in [-0.25, -0.2) is 0 Å². The van der Waals surface area contributed by atoms with Crippen molar-refractivity contribution in [3.8, 4) is 0 Å². The van der Waals surface area contributed by atoms with E-state index >= 15 is 0 Å². The molecule has 0 bridgehead atoms. The number of alkyl halides is 9. The lowest BCUT2D eigenvalue weighted by Crippen LogP contribution is -2.50. The highest BCUT2D eigenvalue weighted by Gasteiger charge is 2.45. The Hall–Kier alpha value is -7.06. The normalized spacial score (nSPS) is 11.9. The molecule has 19 heteroatoms. The number of hydrogen-bond acceptors (Lipinski definition) is 7. The van der Waals surface area contributed by atoms with E-state index in [9.17, 15) is 53.9 Å². The van der Waals surface area contributed by atoms with Gasteiger partial charge in [-0.15, -0.1) is 0 Å². The summed E-state index contributed by atoms with van der Waals surface area (Å²) in [7, 11) is 0. The molecule has 6 rings (SSSR count). The van der Waals surface area contributed by atoms with Crippen LogP contribution in [0.1, 0.15) is 106 Å². The second-order valence-corrected chi connectivity index (χ2v) is 19.6. The minimum absolute atomic E-state index is 0. The quantitative estimate of drug-likeness (QED) is 0.0200. The van der Waals surface area contributed by atoms with Crippen LogP contribution in [0.5, 0.6) is 0 Å². The standard InChI is InChI=1S/C34H35F9N4O3.C29H39N3.2CH4/c35-32(36,37)28(48)44-19-10-21-46(30(50)34(41,42)43)22-12-24-47(23-11-20-45-29(49)33(38,39)40)31(25-13-4-1-5-14-25,26-15-6-2-7-16-26)27-17-8-3-9-18-27;30-22-13-2-1-3-14-24-32(25-15-23-31)29(26-16-7-4-8-17-26,27-18-9-5-10-19-27)28-20-11-6-12-21-28;;/h1-9,13-18H,10-12,19-24H2,(H,44,48)(H,45,49);4-12,16-21H,1-3,13-15,22-25,30-31H2;2*1H4. The van der Waals surface area contributed by atoms with Gasteiger partial charge in [-0.1, -0.05) is 216 Å². The Kier molecular flexibility index (Phi) is 29.9. The number of carbonyl (C=O) groups excluding carboxylic acids is 3. The Bertz CT molecular complexity index is 2570. The van der Waals surface area contributed by atoms with Crippen molar-refractivity contribution in [1.29, 1.82) is 0 Å². The van der Waals surface area contributed by atoms with E-state index in [1.807, 2.05) is 46.6 Å². The van der Waals surface area contributed by atoms with Crippen LogP contribution in [0.4, 0.5) is 39.5 Å². The van der Waals surface area contributed by atoms with Crippen LogP contribution < -0.4 is 22.1 Å². The van der Waals surface area contributed by atoms with Crippen LogP contribution >= 0.6 is 0 Å². The van der Waals surface area contributed by atoms with E-state index in [0.29, 0.717) is 28.1 Å². The van der Waals surface area contributed by atoms with Gasteiger partial charge in [-0.05, 0) is 91.5 Å². The SMILES string of the molecule is C.C.NCCCCCCCN(CCCN)C(c1ccccc1)(c1ccccc1)c1ccccc1.O=C(NCCCN(CCCN(CCCNC(=O)C(F)(F)F)C(c1ccccc1)(c1ccccc1)c1ccccc1)C(=O)C(F)(F)F)C(F)(F)F. The summed E-state index contributed by atoms with van der Waals surface area (Å²) in [5.41, 5.74) is 16.2. The largest absolute Gasteiger partial charge is 0.471 e. The van der Waals surface area contributed by atoms with Gasteiger partial charge in [0.15, 0.2) is 0 Å². The number of nitrogens with two attached hydrogens (primary N) is 2. The molecule has 0 fully saturated rings. The molecule has 0 radical (unpaired) electrons. The van der Waals surface area contributed by atoms with Gasteiger partial charge in [-0.3, -0.25) is 24.2 Å². The highest BCUT2D eigenvalue weighted by Crippen LogP contribution is 2.44. The number of hydrogen-bond donors (Lipinski definition) is 4. The fraction of sp³-hybridized carbons (Fsp3) is 0.400. The van der Waals surface area contributed by atoms with E-state index in [4.69, 9.17) is 11.5 Å².